The highest BCUT2D eigenvalue weighted by Gasteiger charge is 2.30. The first-order valence-corrected chi connectivity index (χ1v) is 5.60. The van der Waals surface area contributed by atoms with E-state index in [-0.39, 0.29) is 0 Å². The van der Waals surface area contributed by atoms with E-state index in [4.69, 9.17) is 16.7 Å². The van der Waals surface area contributed by atoms with Gasteiger partial charge in [-0.15, -0.1) is 5.10 Å². The van der Waals surface area contributed by atoms with Crippen molar-refractivity contribution in [3.63, 3.8) is 0 Å². The monoisotopic (exact) mass is 249 g/mol. The second-order valence-corrected chi connectivity index (χ2v) is 4.69. The minimum atomic E-state index is -0.951. The third kappa shape index (κ3) is 2.87. The summed E-state index contributed by atoms with van der Waals surface area (Å²) in [4.78, 5) is 11.0. The molecule has 0 fully saturated rings. The van der Waals surface area contributed by atoms with Gasteiger partial charge >= 0.3 is 5.97 Å². The number of carbonyl (C=O) groups is 1. The summed E-state index contributed by atoms with van der Waals surface area (Å²) in [5.74, 6) is -0.885. The molecule has 1 aromatic rings. The summed E-state index contributed by atoms with van der Waals surface area (Å²) < 4.78 is 4.16. The molecule has 0 aliphatic carbocycles. The molecule has 1 aromatic heterocycles. The summed E-state index contributed by atoms with van der Waals surface area (Å²) in [7, 11) is 0. The van der Waals surface area contributed by atoms with Crippen molar-refractivity contribution in [3.05, 3.63) is 10.0 Å². The summed E-state index contributed by atoms with van der Waals surface area (Å²) in [6.07, 6.45) is 0.484. The van der Waals surface area contributed by atoms with Crippen molar-refractivity contribution in [2.75, 3.05) is 0 Å². The van der Waals surface area contributed by atoms with Crippen LogP contribution in [0.15, 0.2) is 0 Å². The minimum Gasteiger partial charge on any atom is -0.480 e. The van der Waals surface area contributed by atoms with Gasteiger partial charge in [-0.2, -0.15) is 0 Å². The van der Waals surface area contributed by atoms with Crippen LogP contribution >= 0.6 is 23.1 Å². The Kier molecular flexibility index (Phi) is 4.01. The van der Waals surface area contributed by atoms with Gasteiger partial charge < -0.3 is 5.11 Å². The van der Waals surface area contributed by atoms with Crippen LogP contribution in [-0.2, 0) is 11.3 Å². The van der Waals surface area contributed by atoms with Gasteiger partial charge in [-0.3, -0.25) is 10.1 Å². The average Bonchev–Trinajstić information content (AvgIpc) is 2.60. The molecule has 0 aliphatic heterocycles. The quantitative estimate of drug-likeness (QED) is 0.828. The molecule has 0 amide bonds. The number of nitrogens with one attached hydrogen (secondary N) is 1. The number of carboxylic acid groups (broad SMARTS) is 1. The fourth-order valence-corrected chi connectivity index (χ4v) is 1.56. The van der Waals surface area contributed by atoms with E-state index in [9.17, 15) is 4.79 Å². The normalized spacial score (nSPS) is 14.9. The number of aliphatic carboxylic acids is 1. The van der Waals surface area contributed by atoms with Gasteiger partial charge in [0.2, 0.25) is 0 Å². The average molecular weight is 250 g/mol. The Morgan fingerprint density at radius 3 is 2.80 bits per heavy atom. The van der Waals surface area contributed by atoms with E-state index < -0.39 is 11.5 Å². The lowest BCUT2D eigenvalue weighted by Crippen LogP contribution is -2.48. The van der Waals surface area contributed by atoms with Crippen LogP contribution in [0, 0.1) is 0 Å². The molecule has 1 rings (SSSR count). The standard InChI is InChI=1S/C8H12ClN3O2S/c1-3-8(2,7(13)14)10-4-5-6(9)15-12-11-5/h10H,3-4H2,1-2H3,(H,13,14). The molecular weight excluding hydrogens is 238 g/mol. The van der Waals surface area contributed by atoms with Crippen LogP contribution < -0.4 is 5.32 Å². The lowest BCUT2D eigenvalue weighted by atomic mass is 9.99. The van der Waals surface area contributed by atoms with Crippen molar-refractivity contribution in [1.82, 2.24) is 14.9 Å². The molecule has 0 saturated heterocycles. The zero-order valence-corrected chi connectivity index (χ0v) is 10.0. The Morgan fingerprint density at radius 2 is 2.40 bits per heavy atom. The Labute approximate surface area is 96.6 Å². The van der Waals surface area contributed by atoms with E-state index in [2.05, 4.69) is 14.9 Å². The highest BCUT2D eigenvalue weighted by molar-refractivity contribution is 7.10. The molecule has 1 heterocycles. The van der Waals surface area contributed by atoms with Crippen molar-refractivity contribution in [1.29, 1.82) is 0 Å². The first-order chi connectivity index (χ1) is 6.99. The maximum atomic E-state index is 11.0. The highest BCUT2D eigenvalue weighted by atomic mass is 35.5. The third-order valence-corrected chi connectivity index (χ3v) is 3.32. The molecule has 2 N–H and O–H groups in total. The molecule has 0 spiro atoms. The van der Waals surface area contributed by atoms with Crippen molar-refractivity contribution in [2.24, 2.45) is 0 Å². The number of hydrogen-bond donors (Lipinski definition) is 2. The van der Waals surface area contributed by atoms with Crippen LogP contribution in [0.25, 0.3) is 0 Å². The molecule has 84 valence electrons. The molecule has 0 saturated carbocycles. The summed E-state index contributed by atoms with van der Waals surface area (Å²) in [6, 6.07) is 0. The second-order valence-electron chi connectivity index (χ2n) is 3.34. The lowest BCUT2D eigenvalue weighted by Gasteiger charge is -2.24. The van der Waals surface area contributed by atoms with Crippen LogP contribution in [0.1, 0.15) is 26.0 Å². The van der Waals surface area contributed by atoms with Crippen molar-refractivity contribution >= 4 is 29.1 Å². The maximum Gasteiger partial charge on any atom is 0.323 e. The van der Waals surface area contributed by atoms with Gasteiger partial charge in [-0.25, -0.2) is 0 Å². The highest BCUT2D eigenvalue weighted by Crippen LogP contribution is 2.18. The first-order valence-electron chi connectivity index (χ1n) is 4.44. The predicted octanol–water partition coefficient (Wildman–Crippen LogP) is 1.53. The number of carboxylic acids is 1. The molecule has 0 aromatic carbocycles. The number of aromatic nitrogens is 2. The van der Waals surface area contributed by atoms with Crippen molar-refractivity contribution in [2.45, 2.75) is 32.4 Å². The van der Waals surface area contributed by atoms with Crippen LogP contribution in [0.3, 0.4) is 0 Å². The Balaban J connectivity index is 2.63. The minimum absolute atomic E-state index is 0.311. The number of halogens is 1. The Bertz CT molecular complexity index is 357. The molecule has 7 heteroatoms. The second kappa shape index (κ2) is 4.87. The summed E-state index contributed by atoms with van der Waals surface area (Å²) in [5, 5.41) is 15.7. The third-order valence-electron chi connectivity index (χ3n) is 2.33. The van der Waals surface area contributed by atoms with Crippen LogP contribution in [0.4, 0.5) is 0 Å². The van der Waals surface area contributed by atoms with Crippen molar-refractivity contribution in [3.8, 4) is 0 Å². The van der Waals surface area contributed by atoms with E-state index in [1.165, 1.54) is 0 Å². The first kappa shape index (κ1) is 12.4. The lowest BCUT2D eigenvalue weighted by molar-refractivity contribution is -0.144. The van der Waals surface area contributed by atoms with Gasteiger partial charge in [-0.05, 0) is 13.3 Å². The zero-order chi connectivity index (χ0) is 11.5. The van der Waals surface area contributed by atoms with E-state index in [0.717, 1.165) is 11.5 Å². The Hall–Kier alpha value is -0.720. The Morgan fingerprint density at radius 1 is 1.73 bits per heavy atom. The van der Waals surface area contributed by atoms with Gasteiger partial charge in [0, 0.05) is 18.1 Å². The molecule has 0 radical (unpaired) electrons. The van der Waals surface area contributed by atoms with E-state index in [1.807, 2.05) is 6.92 Å². The van der Waals surface area contributed by atoms with E-state index in [0.29, 0.717) is 23.0 Å². The van der Waals surface area contributed by atoms with Gasteiger partial charge in [0.05, 0.1) is 0 Å². The van der Waals surface area contributed by atoms with E-state index in [1.54, 1.807) is 6.92 Å². The fraction of sp³-hybridized carbons (Fsp3) is 0.625. The fourth-order valence-electron chi connectivity index (χ4n) is 0.933. The van der Waals surface area contributed by atoms with Gasteiger partial charge in [0.15, 0.2) is 0 Å². The largest absolute Gasteiger partial charge is 0.480 e. The summed E-state index contributed by atoms with van der Waals surface area (Å²) in [6.45, 7) is 3.75. The topological polar surface area (TPSA) is 75.1 Å². The number of nitrogens with zero attached hydrogens (tertiary/aromatic N) is 2. The van der Waals surface area contributed by atoms with Crippen LogP contribution in [0.5, 0.6) is 0 Å². The zero-order valence-electron chi connectivity index (χ0n) is 8.45. The smallest absolute Gasteiger partial charge is 0.323 e. The van der Waals surface area contributed by atoms with Crippen LogP contribution in [0.2, 0.25) is 4.34 Å². The van der Waals surface area contributed by atoms with Gasteiger partial charge in [-0.1, -0.05) is 23.0 Å². The van der Waals surface area contributed by atoms with E-state index >= 15 is 0 Å². The number of hydrogen-bond acceptors (Lipinski definition) is 5. The van der Waals surface area contributed by atoms with Gasteiger partial charge in [0.25, 0.3) is 0 Å². The molecule has 15 heavy (non-hydrogen) atoms. The molecule has 5 nitrogen and oxygen atoms in total. The maximum absolute atomic E-state index is 11.0. The predicted molar refractivity (Wildman–Crippen MR) is 58.1 cm³/mol. The molecule has 0 aliphatic rings. The SMILES string of the molecule is CCC(C)(NCc1nnsc1Cl)C(=O)O. The molecule has 1 atom stereocenters. The molecule has 1 unspecified atom stereocenters. The molecular formula is C8H12ClN3O2S. The van der Waals surface area contributed by atoms with Gasteiger partial charge in [0.1, 0.15) is 15.6 Å². The summed E-state index contributed by atoms with van der Waals surface area (Å²) in [5.41, 5.74) is -0.366. The van der Waals surface area contributed by atoms with Crippen LogP contribution in [-0.4, -0.2) is 26.2 Å². The number of rotatable bonds is 5. The summed E-state index contributed by atoms with van der Waals surface area (Å²) >= 11 is 6.89. The molecule has 0 bridgehead atoms. The van der Waals surface area contributed by atoms with Crippen molar-refractivity contribution < 1.29 is 9.90 Å².